The van der Waals surface area contributed by atoms with Crippen molar-refractivity contribution in [2.45, 2.75) is 57.1 Å². The Morgan fingerprint density at radius 1 is 1.48 bits per heavy atom. The monoisotopic (exact) mass is 308 g/mol. The zero-order chi connectivity index (χ0) is 15.9. The third kappa shape index (κ3) is 6.10. The van der Waals surface area contributed by atoms with Gasteiger partial charge in [0.25, 0.3) is 0 Å². The molecule has 0 spiro atoms. The second kappa shape index (κ2) is 8.44. The van der Waals surface area contributed by atoms with Crippen LogP contribution in [0, 0.1) is 6.92 Å². The molecule has 0 saturated carbocycles. The van der Waals surface area contributed by atoms with Crippen LogP contribution in [-0.4, -0.2) is 23.2 Å². The molecule has 4 heteroatoms. The van der Waals surface area contributed by atoms with E-state index in [-0.39, 0.29) is 5.91 Å². The van der Waals surface area contributed by atoms with E-state index in [1.54, 1.807) is 0 Å². The molecule has 21 heavy (non-hydrogen) atoms. The van der Waals surface area contributed by atoms with Gasteiger partial charge in [0.15, 0.2) is 0 Å². The lowest BCUT2D eigenvalue weighted by molar-refractivity contribution is -0.124. The molecule has 0 aliphatic carbocycles. The van der Waals surface area contributed by atoms with E-state index in [4.69, 9.17) is 5.73 Å². The summed E-state index contributed by atoms with van der Waals surface area (Å²) in [5, 5.41) is 3.66. The zero-order valence-corrected chi connectivity index (χ0v) is 14.4. The summed E-state index contributed by atoms with van der Waals surface area (Å²) in [5.41, 5.74) is 7.57. The second-order valence-electron chi connectivity index (χ2n) is 5.94. The van der Waals surface area contributed by atoms with E-state index in [1.165, 1.54) is 11.1 Å². The van der Waals surface area contributed by atoms with Gasteiger partial charge in [-0.1, -0.05) is 43.7 Å². The average Bonchev–Trinajstić information content (AvgIpc) is 2.43. The van der Waals surface area contributed by atoms with E-state index in [1.807, 2.05) is 18.7 Å². The quantitative estimate of drug-likeness (QED) is 0.736. The molecule has 0 aliphatic heterocycles. The van der Waals surface area contributed by atoms with Gasteiger partial charge in [0.1, 0.15) is 0 Å². The molecule has 0 fully saturated rings. The minimum Gasteiger partial charge on any atom is -0.368 e. The van der Waals surface area contributed by atoms with Gasteiger partial charge in [-0.15, -0.1) is 0 Å². The van der Waals surface area contributed by atoms with E-state index >= 15 is 0 Å². The summed E-state index contributed by atoms with van der Waals surface area (Å²) in [5.74, 6) is 0.699. The summed E-state index contributed by atoms with van der Waals surface area (Å²) in [4.78, 5) is 11.7. The molecule has 0 heterocycles. The minimum atomic E-state index is -0.616. The fourth-order valence-corrected chi connectivity index (χ4v) is 3.44. The van der Waals surface area contributed by atoms with Crippen molar-refractivity contribution in [2.75, 3.05) is 6.54 Å². The van der Waals surface area contributed by atoms with Gasteiger partial charge < -0.3 is 11.1 Å². The van der Waals surface area contributed by atoms with Crippen molar-refractivity contribution in [3.8, 4) is 0 Å². The first kappa shape index (κ1) is 18.1. The van der Waals surface area contributed by atoms with Crippen LogP contribution < -0.4 is 11.1 Å². The summed E-state index contributed by atoms with van der Waals surface area (Å²) in [7, 11) is 0. The van der Waals surface area contributed by atoms with Crippen LogP contribution in [0.1, 0.15) is 44.7 Å². The number of hydrogen-bond donors (Lipinski definition) is 2. The summed E-state index contributed by atoms with van der Waals surface area (Å²) >= 11 is 1.87. The molecule has 0 aromatic heterocycles. The standard InChI is InChI=1S/C17H28N2OS/c1-5-9-19-17(4,16(18)20)11-14(3)21-12-15-8-6-7-13(2)10-15/h6-8,10,14,19H,5,9,11-12H2,1-4H3,(H2,18,20). The van der Waals surface area contributed by atoms with Crippen LogP contribution in [0.3, 0.4) is 0 Å². The van der Waals surface area contributed by atoms with Crippen molar-refractivity contribution in [1.82, 2.24) is 5.32 Å². The molecule has 1 aromatic rings. The van der Waals surface area contributed by atoms with Crippen LogP contribution in [0.2, 0.25) is 0 Å². The summed E-state index contributed by atoms with van der Waals surface area (Å²) < 4.78 is 0. The maximum Gasteiger partial charge on any atom is 0.237 e. The van der Waals surface area contributed by atoms with Crippen LogP contribution in [0.5, 0.6) is 0 Å². The molecule has 0 bridgehead atoms. The van der Waals surface area contributed by atoms with Gasteiger partial charge in [-0.25, -0.2) is 0 Å². The third-order valence-electron chi connectivity index (χ3n) is 3.62. The van der Waals surface area contributed by atoms with Crippen molar-refractivity contribution in [2.24, 2.45) is 5.73 Å². The number of nitrogens with one attached hydrogen (secondary N) is 1. The molecule has 1 amide bonds. The highest BCUT2D eigenvalue weighted by molar-refractivity contribution is 7.99. The Balaban J connectivity index is 2.54. The molecule has 0 saturated heterocycles. The Morgan fingerprint density at radius 2 is 2.19 bits per heavy atom. The third-order valence-corrected chi connectivity index (χ3v) is 4.86. The van der Waals surface area contributed by atoms with Gasteiger partial charge in [-0.05, 0) is 38.8 Å². The van der Waals surface area contributed by atoms with Crippen LogP contribution >= 0.6 is 11.8 Å². The number of primary amides is 1. The summed E-state index contributed by atoms with van der Waals surface area (Å²) in [6, 6.07) is 8.56. The molecular formula is C17H28N2OS. The SMILES string of the molecule is CCCNC(C)(CC(C)SCc1cccc(C)c1)C(N)=O. The van der Waals surface area contributed by atoms with E-state index in [9.17, 15) is 4.79 Å². The predicted octanol–water partition coefficient (Wildman–Crippen LogP) is 3.25. The van der Waals surface area contributed by atoms with E-state index in [0.717, 1.165) is 25.1 Å². The Bertz CT molecular complexity index is 464. The summed E-state index contributed by atoms with van der Waals surface area (Å²) in [6.07, 6.45) is 1.74. The number of benzene rings is 1. The molecule has 2 atom stereocenters. The second-order valence-corrected chi connectivity index (χ2v) is 7.36. The van der Waals surface area contributed by atoms with Crippen LogP contribution in [0.15, 0.2) is 24.3 Å². The Kier molecular flexibility index (Phi) is 7.26. The first-order chi connectivity index (χ1) is 9.87. The molecular weight excluding hydrogens is 280 g/mol. The number of carbonyl (C=O) groups excluding carboxylic acids is 1. The van der Waals surface area contributed by atoms with Crippen LogP contribution in [-0.2, 0) is 10.5 Å². The maximum atomic E-state index is 11.7. The van der Waals surface area contributed by atoms with E-state index in [2.05, 4.69) is 50.4 Å². The van der Waals surface area contributed by atoms with Crippen molar-refractivity contribution in [3.05, 3.63) is 35.4 Å². The highest BCUT2D eigenvalue weighted by Gasteiger charge is 2.32. The highest BCUT2D eigenvalue weighted by Crippen LogP contribution is 2.25. The number of aryl methyl sites for hydroxylation is 1. The fourth-order valence-electron chi connectivity index (χ4n) is 2.34. The highest BCUT2D eigenvalue weighted by atomic mass is 32.2. The normalized spacial score (nSPS) is 15.4. The fraction of sp³-hybridized carbons (Fsp3) is 0.588. The van der Waals surface area contributed by atoms with Gasteiger partial charge in [-0.2, -0.15) is 11.8 Å². The molecule has 3 nitrogen and oxygen atoms in total. The van der Waals surface area contributed by atoms with E-state index < -0.39 is 5.54 Å². The van der Waals surface area contributed by atoms with Crippen LogP contribution in [0.25, 0.3) is 0 Å². The molecule has 3 N–H and O–H groups in total. The van der Waals surface area contributed by atoms with Gasteiger partial charge >= 0.3 is 0 Å². The lowest BCUT2D eigenvalue weighted by Crippen LogP contribution is -2.54. The number of amides is 1. The molecule has 2 unspecified atom stereocenters. The largest absolute Gasteiger partial charge is 0.368 e. The minimum absolute atomic E-state index is 0.265. The van der Waals surface area contributed by atoms with Gasteiger partial charge in [0.05, 0.1) is 5.54 Å². The van der Waals surface area contributed by atoms with Crippen molar-refractivity contribution < 1.29 is 4.79 Å². The Labute approximate surface area is 133 Å². The number of thioether (sulfide) groups is 1. The smallest absolute Gasteiger partial charge is 0.237 e. The lowest BCUT2D eigenvalue weighted by Gasteiger charge is -2.30. The van der Waals surface area contributed by atoms with Crippen molar-refractivity contribution in [1.29, 1.82) is 0 Å². The predicted molar refractivity (Wildman–Crippen MR) is 92.4 cm³/mol. The lowest BCUT2D eigenvalue weighted by atomic mass is 9.95. The van der Waals surface area contributed by atoms with E-state index in [0.29, 0.717) is 5.25 Å². The number of hydrogen-bond acceptors (Lipinski definition) is 3. The molecule has 1 rings (SSSR count). The maximum absolute atomic E-state index is 11.7. The van der Waals surface area contributed by atoms with Gasteiger partial charge in [-0.3, -0.25) is 4.79 Å². The first-order valence-electron chi connectivity index (χ1n) is 7.59. The molecule has 1 aromatic carbocycles. The summed E-state index contributed by atoms with van der Waals surface area (Å²) in [6.45, 7) is 9.08. The molecule has 118 valence electrons. The zero-order valence-electron chi connectivity index (χ0n) is 13.6. The molecule has 0 aliphatic rings. The average molecular weight is 308 g/mol. The molecule has 0 radical (unpaired) electrons. The van der Waals surface area contributed by atoms with Gasteiger partial charge in [0, 0.05) is 11.0 Å². The number of nitrogens with two attached hydrogens (primary N) is 1. The first-order valence-corrected chi connectivity index (χ1v) is 8.64. The Morgan fingerprint density at radius 3 is 2.76 bits per heavy atom. The number of carbonyl (C=O) groups is 1. The van der Waals surface area contributed by atoms with Crippen molar-refractivity contribution in [3.63, 3.8) is 0 Å². The van der Waals surface area contributed by atoms with Crippen LogP contribution in [0.4, 0.5) is 0 Å². The van der Waals surface area contributed by atoms with Crippen molar-refractivity contribution >= 4 is 17.7 Å². The topological polar surface area (TPSA) is 55.1 Å². The number of rotatable bonds is 9. The Hall–Kier alpha value is -1.00. The van der Waals surface area contributed by atoms with Gasteiger partial charge in [0.2, 0.25) is 5.91 Å².